The van der Waals surface area contributed by atoms with Crippen molar-refractivity contribution in [3.8, 4) is 0 Å². The number of hydrogen-bond acceptors (Lipinski definition) is 0. The second-order valence-corrected chi connectivity index (χ2v) is 32.1. The molecule has 0 fully saturated rings. The molecule has 2 aromatic rings. The Kier molecular flexibility index (Phi) is 6.44. The van der Waals surface area contributed by atoms with Gasteiger partial charge in [-0.25, -0.2) is 0 Å². The molecule has 0 spiro atoms. The molecule has 2 aliphatic carbocycles. The Balaban J connectivity index is 2.08. The van der Waals surface area contributed by atoms with Gasteiger partial charge >= 0.3 is 195 Å². The molecule has 0 bridgehead atoms. The summed E-state index contributed by atoms with van der Waals surface area (Å²) in [6.07, 6.45) is 16.8. The van der Waals surface area contributed by atoms with E-state index in [4.69, 9.17) is 0 Å². The van der Waals surface area contributed by atoms with E-state index in [-0.39, 0.29) is 0 Å². The van der Waals surface area contributed by atoms with Crippen LogP contribution in [0.4, 0.5) is 0 Å². The van der Waals surface area contributed by atoms with E-state index in [0.29, 0.717) is 0 Å². The van der Waals surface area contributed by atoms with Gasteiger partial charge in [-0.3, -0.25) is 0 Å². The second kappa shape index (κ2) is 8.80. The van der Waals surface area contributed by atoms with Gasteiger partial charge in [0.1, 0.15) is 0 Å². The molecule has 0 radical (unpaired) electrons. The van der Waals surface area contributed by atoms with Crippen LogP contribution in [0.1, 0.15) is 46.2 Å². The SMILES string of the molecule is Cc1cc(C)c([SiH](c2c(C)cc(C)cc2C)[Zr]([CH3])([C]2=CC=CC2)[C]2=CC=CC2)c(C)c1. The minimum absolute atomic E-state index is 1.17. The quantitative estimate of drug-likeness (QED) is 0.422. The molecule has 0 aromatic heterocycles. The molecule has 0 saturated carbocycles. The van der Waals surface area contributed by atoms with Gasteiger partial charge in [-0.05, 0) is 0 Å². The maximum absolute atomic E-state index is 2.94. The first-order valence-electron chi connectivity index (χ1n) is 11.6. The van der Waals surface area contributed by atoms with Crippen molar-refractivity contribution in [2.45, 2.75) is 59.0 Å². The van der Waals surface area contributed by atoms with Gasteiger partial charge < -0.3 is 0 Å². The van der Waals surface area contributed by atoms with Gasteiger partial charge in [0.05, 0.1) is 0 Å². The first kappa shape index (κ1) is 22.7. The van der Waals surface area contributed by atoms with Crippen molar-refractivity contribution < 1.29 is 19.4 Å². The summed E-state index contributed by atoms with van der Waals surface area (Å²) in [5.41, 5.74) is 8.88. The first-order chi connectivity index (χ1) is 14.7. The summed E-state index contributed by atoms with van der Waals surface area (Å²) < 4.78 is 6.39. The summed E-state index contributed by atoms with van der Waals surface area (Å²) in [4.78, 5) is 0. The second-order valence-electron chi connectivity index (χ2n) is 9.91. The van der Waals surface area contributed by atoms with Crippen molar-refractivity contribution in [1.82, 2.24) is 0 Å². The third-order valence-corrected chi connectivity index (χ3v) is 37.2. The van der Waals surface area contributed by atoms with Crippen molar-refractivity contribution in [3.05, 3.63) is 101 Å². The molecule has 0 heterocycles. The summed E-state index contributed by atoms with van der Waals surface area (Å²) in [5, 5.41) is 3.47. The third-order valence-electron chi connectivity index (χ3n) is 7.51. The molecule has 0 saturated heterocycles. The molecule has 0 aliphatic heterocycles. The van der Waals surface area contributed by atoms with Crippen molar-refractivity contribution in [2.75, 3.05) is 0 Å². The van der Waals surface area contributed by atoms with Gasteiger partial charge in [0.25, 0.3) is 0 Å². The van der Waals surface area contributed by atoms with Crippen LogP contribution >= 0.6 is 0 Å². The van der Waals surface area contributed by atoms with Crippen LogP contribution < -0.4 is 10.4 Å². The molecular weight excluding hydrogens is 468 g/mol. The number of benzene rings is 2. The van der Waals surface area contributed by atoms with Crippen LogP contribution in [0.25, 0.3) is 0 Å². The van der Waals surface area contributed by atoms with E-state index in [9.17, 15) is 0 Å². The topological polar surface area (TPSA) is 0 Å². The Bertz CT molecular complexity index is 1030. The number of aryl methyl sites for hydroxylation is 6. The zero-order valence-electron chi connectivity index (χ0n) is 20.3. The Labute approximate surface area is 194 Å². The third kappa shape index (κ3) is 4.03. The molecule has 0 amide bonds. The molecule has 2 aliphatic rings. The fourth-order valence-electron chi connectivity index (χ4n) is 6.26. The van der Waals surface area contributed by atoms with Gasteiger partial charge in [0.15, 0.2) is 0 Å². The van der Waals surface area contributed by atoms with Gasteiger partial charge in [-0.15, -0.1) is 0 Å². The molecule has 0 nitrogen and oxygen atoms in total. The number of hydrogen-bond donors (Lipinski definition) is 0. The molecule has 0 atom stereocenters. The molecule has 0 N–H and O–H groups in total. The average Bonchev–Trinajstić information content (AvgIpc) is 3.39. The first-order valence-corrected chi connectivity index (χ1v) is 22.5. The fraction of sp³-hybridized carbons (Fsp3) is 0.310. The molecule has 0 unspecified atom stereocenters. The van der Waals surface area contributed by atoms with Gasteiger partial charge in [0, 0.05) is 0 Å². The zero-order chi connectivity index (χ0) is 22.3. The number of rotatable bonds is 5. The van der Waals surface area contributed by atoms with Crippen molar-refractivity contribution in [2.24, 2.45) is 0 Å². The van der Waals surface area contributed by atoms with E-state index in [1.54, 1.807) is 16.9 Å². The van der Waals surface area contributed by atoms with Crippen molar-refractivity contribution in [3.63, 3.8) is 0 Å². The predicted octanol–water partition coefficient (Wildman–Crippen LogP) is 6.26. The number of allylic oxidation sites excluding steroid dienone is 8. The van der Waals surface area contributed by atoms with Gasteiger partial charge in [-0.2, -0.15) is 0 Å². The normalized spacial score (nSPS) is 15.7. The molecular formula is C29H36SiZr. The Morgan fingerprint density at radius 3 is 1.26 bits per heavy atom. The Hall–Kier alpha value is -1.50. The van der Waals surface area contributed by atoms with E-state index >= 15 is 0 Å². The van der Waals surface area contributed by atoms with Crippen LogP contribution in [0.3, 0.4) is 0 Å². The van der Waals surface area contributed by atoms with Gasteiger partial charge in [-0.1, -0.05) is 0 Å². The van der Waals surface area contributed by atoms with Gasteiger partial charge in [0.2, 0.25) is 0 Å². The molecule has 2 aromatic carbocycles. The van der Waals surface area contributed by atoms with Crippen LogP contribution in [0.15, 0.2) is 67.3 Å². The maximum atomic E-state index is 2.78. The van der Waals surface area contributed by atoms with E-state index in [1.165, 1.54) is 46.2 Å². The van der Waals surface area contributed by atoms with Crippen LogP contribution in [-0.4, -0.2) is 5.92 Å². The zero-order valence-corrected chi connectivity index (χ0v) is 23.9. The summed E-state index contributed by atoms with van der Waals surface area (Å²) in [5.74, 6) is -1.49. The molecule has 160 valence electrons. The summed E-state index contributed by atoms with van der Waals surface area (Å²) in [6, 6.07) is 9.76. The average molecular weight is 504 g/mol. The van der Waals surface area contributed by atoms with Crippen molar-refractivity contribution >= 4 is 16.3 Å². The van der Waals surface area contributed by atoms with E-state index in [1.807, 2.05) is 0 Å². The Morgan fingerprint density at radius 2 is 0.968 bits per heavy atom. The minimum atomic E-state index is -2.94. The molecule has 2 heteroatoms. The van der Waals surface area contributed by atoms with E-state index in [0.717, 1.165) is 0 Å². The van der Waals surface area contributed by atoms with Crippen molar-refractivity contribution in [1.29, 1.82) is 0 Å². The Morgan fingerprint density at radius 1 is 0.613 bits per heavy atom. The fourth-order valence-corrected chi connectivity index (χ4v) is 39.7. The van der Waals surface area contributed by atoms with E-state index in [2.05, 4.69) is 107 Å². The molecule has 4 rings (SSSR count). The van der Waals surface area contributed by atoms with Crippen LogP contribution in [0, 0.1) is 41.5 Å². The standard InChI is InChI=1S/C18H23Si.2C5H5.CH3.Zr/c1-11-7-13(3)17(14(4)8-11)19-18-15(5)9-12(2)10-16(18)6;2*1-2-4-5-3-1;;/h7-10,19H,1-6H3;2*1-3H,4H2;1H3;. The molecule has 31 heavy (non-hydrogen) atoms. The summed E-state index contributed by atoms with van der Waals surface area (Å²) in [6.45, 7) is 14.0. The summed E-state index contributed by atoms with van der Waals surface area (Å²) >= 11 is -2.94. The van der Waals surface area contributed by atoms with Crippen LogP contribution in [0.2, 0.25) is 4.63 Å². The van der Waals surface area contributed by atoms with Crippen LogP contribution in [0.5, 0.6) is 0 Å². The van der Waals surface area contributed by atoms with Crippen LogP contribution in [-0.2, 0) is 19.4 Å². The van der Waals surface area contributed by atoms with E-state index < -0.39 is 25.4 Å². The monoisotopic (exact) mass is 502 g/mol. The summed E-state index contributed by atoms with van der Waals surface area (Å²) in [7, 11) is 0. The predicted molar refractivity (Wildman–Crippen MR) is 137 cm³/mol.